The molecule has 0 unspecified atom stereocenters. The third-order valence-electron chi connectivity index (χ3n) is 2.49. The lowest BCUT2D eigenvalue weighted by atomic mass is 10.1. The van der Waals surface area contributed by atoms with Crippen LogP contribution in [0.15, 0.2) is 12.1 Å². The Morgan fingerprint density at radius 2 is 2.05 bits per heavy atom. The number of nitrogens with zero attached hydrogens (tertiary/aromatic N) is 2. The second-order valence-electron chi connectivity index (χ2n) is 4.33. The van der Waals surface area contributed by atoms with Crippen molar-refractivity contribution in [3.05, 3.63) is 32.9 Å². The maximum atomic E-state index is 13.5. The van der Waals surface area contributed by atoms with Crippen molar-refractivity contribution in [2.24, 2.45) is 0 Å². The largest absolute Gasteiger partial charge is 0.310 e. The number of hydrogen-bond acceptors (Lipinski definition) is 4. The Balaban J connectivity index is 2.37. The van der Waals surface area contributed by atoms with E-state index in [1.165, 1.54) is 23.7 Å². The van der Waals surface area contributed by atoms with E-state index in [2.05, 4.69) is 14.9 Å². The predicted molar refractivity (Wildman–Crippen MR) is 77.3 cm³/mol. The number of rotatable bonds is 4. The molecule has 0 saturated carbocycles. The molecule has 2 aromatic rings. The minimum absolute atomic E-state index is 0.00112. The molecule has 0 aliphatic heterocycles. The third-order valence-corrected chi connectivity index (χ3v) is 3.82. The van der Waals surface area contributed by atoms with E-state index in [1.807, 2.05) is 13.8 Å². The molecule has 7 heteroatoms. The number of benzene rings is 1. The van der Waals surface area contributed by atoms with Gasteiger partial charge in [-0.05, 0) is 23.7 Å². The first-order valence-electron chi connectivity index (χ1n) is 5.68. The molecule has 2 rings (SSSR count). The van der Waals surface area contributed by atoms with Crippen LogP contribution < -0.4 is 5.32 Å². The molecule has 19 heavy (non-hydrogen) atoms. The molecule has 3 nitrogen and oxygen atoms in total. The maximum absolute atomic E-state index is 13.5. The second-order valence-corrected chi connectivity index (χ2v) is 5.98. The predicted octanol–water partition coefficient (Wildman–Crippen LogP) is 4.15. The molecule has 0 radical (unpaired) electrons. The molecular weight excluding hydrogens is 308 g/mol. The third kappa shape index (κ3) is 3.42. The highest BCUT2D eigenvalue weighted by molar-refractivity contribution is 7.06. The van der Waals surface area contributed by atoms with Crippen molar-refractivity contribution >= 4 is 34.7 Å². The van der Waals surface area contributed by atoms with E-state index in [4.69, 9.17) is 23.2 Å². The van der Waals surface area contributed by atoms with Gasteiger partial charge in [0.1, 0.15) is 11.5 Å². The first kappa shape index (κ1) is 14.7. The normalized spacial score (nSPS) is 11.3. The Morgan fingerprint density at radius 3 is 2.74 bits per heavy atom. The summed E-state index contributed by atoms with van der Waals surface area (Å²) in [6.45, 7) is 4.71. The highest BCUT2D eigenvalue weighted by atomic mass is 35.5. The van der Waals surface area contributed by atoms with Crippen LogP contribution >= 0.6 is 34.7 Å². The van der Waals surface area contributed by atoms with Gasteiger partial charge in [0.25, 0.3) is 0 Å². The number of halogens is 3. The molecule has 0 amide bonds. The van der Waals surface area contributed by atoms with Crippen LogP contribution in [0.25, 0.3) is 11.3 Å². The lowest BCUT2D eigenvalue weighted by molar-refractivity contribution is 0.593. The van der Waals surface area contributed by atoms with Gasteiger partial charge in [0.05, 0.1) is 14.9 Å². The van der Waals surface area contributed by atoms with Gasteiger partial charge in [-0.1, -0.05) is 41.5 Å². The monoisotopic (exact) mass is 319 g/mol. The minimum Gasteiger partial charge on any atom is -0.310 e. The zero-order valence-corrected chi connectivity index (χ0v) is 12.7. The molecular formula is C12H12Cl2FN3S. The molecule has 0 atom stereocenters. The summed E-state index contributed by atoms with van der Waals surface area (Å²) in [6, 6.07) is 3.01. The second kappa shape index (κ2) is 6.13. The highest BCUT2D eigenvalue weighted by Gasteiger charge is 2.16. The fourth-order valence-electron chi connectivity index (χ4n) is 1.53. The average molecular weight is 320 g/mol. The van der Waals surface area contributed by atoms with E-state index in [0.29, 0.717) is 28.9 Å². The van der Waals surface area contributed by atoms with Crippen LogP contribution in [0.1, 0.15) is 18.7 Å². The summed E-state index contributed by atoms with van der Waals surface area (Å²) in [4.78, 5) is 0.914. The standard InChI is InChI=1S/C12H12Cl2FN3S/c1-6(2)16-5-11-12(17-18-19-11)7-3-10(15)9(14)4-8(7)13/h3-4,6,16H,5H2,1-2H3. The van der Waals surface area contributed by atoms with Crippen LogP contribution in [-0.4, -0.2) is 15.6 Å². The van der Waals surface area contributed by atoms with Crippen molar-refractivity contribution in [1.82, 2.24) is 14.9 Å². The van der Waals surface area contributed by atoms with Crippen LogP contribution in [-0.2, 0) is 6.54 Å². The van der Waals surface area contributed by atoms with Gasteiger partial charge in [-0.2, -0.15) is 0 Å². The summed E-state index contributed by atoms with van der Waals surface area (Å²) in [5, 5.41) is 7.67. The maximum Gasteiger partial charge on any atom is 0.142 e. The smallest absolute Gasteiger partial charge is 0.142 e. The molecule has 0 saturated heterocycles. The van der Waals surface area contributed by atoms with Crippen molar-refractivity contribution in [1.29, 1.82) is 0 Å². The van der Waals surface area contributed by atoms with Gasteiger partial charge in [-0.25, -0.2) is 4.39 Å². The van der Waals surface area contributed by atoms with Gasteiger partial charge in [0.15, 0.2) is 0 Å². The molecule has 1 N–H and O–H groups in total. The number of aromatic nitrogens is 2. The molecule has 102 valence electrons. The summed E-state index contributed by atoms with van der Waals surface area (Å²) in [5.74, 6) is -0.517. The number of nitrogens with one attached hydrogen (secondary N) is 1. The van der Waals surface area contributed by atoms with Gasteiger partial charge in [0.2, 0.25) is 0 Å². The zero-order chi connectivity index (χ0) is 14.0. The summed E-state index contributed by atoms with van der Waals surface area (Å²) < 4.78 is 17.5. The minimum atomic E-state index is -0.517. The summed E-state index contributed by atoms with van der Waals surface area (Å²) in [7, 11) is 0. The molecule has 0 spiro atoms. The summed E-state index contributed by atoms with van der Waals surface area (Å²) in [6.07, 6.45) is 0. The number of hydrogen-bond donors (Lipinski definition) is 1. The van der Waals surface area contributed by atoms with Gasteiger partial charge in [-0.15, -0.1) is 5.10 Å². The zero-order valence-electron chi connectivity index (χ0n) is 10.4. The van der Waals surface area contributed by atoms with E-state index in [1.54, 1.807) is 0 Å². The molecule has 1 aromatic carbocycles. The lowest BCUT2D eigenvalue weighted by Gasteiger charge is -2.08. The van der Waals surface area contributed by atoms with Crippen LogP contribution in [0, 0.1) is 5.82 Å². The Kier molecular flexibility index (Phi) is 4.73. The SMILES string of the molecule is CC(C)NCc1snnc1-c1cc(F)c(Cl)cc1Cl. The van der Waals surface area contributed by atoms with Crippen LogP contribution in [0.4, 0.5) is 4.39 Å². The first-order valence-corrected chi connectivity index (χ1v) is 7.21. The van der Waals surface area contributed by atoms with Crippen molar-refractivity contribution in [3.63, 3.8) is 0 Å². The van der Waals surface area contributed by atoms with E-state index < -0.39 is 5.82 Å². The topological polar surface area (TPSA) is 37.8 Å². The molecule has 0 aliphatic carbocycles. The molecule has 0 fully saturated rings. The summed E-state index contributed by atoms with van der Waals surface area (Å²) >= 11 is 13.0. The Bertz CT molecular complexity index is 586. The van der Waals surface area contributed by atoms with Gasteiger partial charge < -0.3 is 5.32 Å². The van der Waals surface area contributed by atoms with Crippen molar-refractivity contribution in [2.75, 3.05) is 0 Å². The lowest BCUT2D eigenvalue weighted by Crippen LogP contribution is -2.21. The quantitative estimate of drug-likeness (QED) is 0.860. The van der Waals surface area contributed by atoms with Crippen LogP contribution in [0.5, 0.6) is 0 Å². The van der Waals surface area contributed by atoms with Crippen molar-refractivity contribution in [2.45, 2.75) is 26.4 Å². The fraction of sp³-hybridized carbons (Fsp3) is 0.333. The van der Waals surface area contributed by atoms with Gasteiger partial charge in [0, 0.05) is 18.2 Å². The van der Waals surface area contributed by atoms with E-state index in [-0.39, 0.29) is 5.02 Å². The molecule has 1 aromatic heterocycles. The average Bonchev–Trinajstić information content (AvgIpc) is 2.79. The highest BCUT2D eigenvalue weighted by Crippen LogP contribution is 2.33. The first-order chi connectivity index (χ1) is 8.99. The van der Waals surface area contributed by atoms with Crippen LogP contribution in [0.3, 0.4) is 0 Å². The van der Waals surface area contributed by atoms with E-state index >= 15 is 0 Å². The molecule has 1 heterocycles. The van der Waals surface area contributed by atoms with E-state index in [0.717, 1.165) is 4.88 Å². The van der Waals surface area contributed by atoms with Crippen molar-refractivity contribution < 1.29 is 4.39 Å². The van der Waals surface area contributed by atoms with Crippen molar-refractivity contribution in [3.8, 4) is 11.3 Å². The molecule has 0 aliphatic rings. The van der Waals surface area contributed by atoms with E-state index in [9.17, 15) is 4.39 Å². The Hall–Kier alpha value is -0.750. The fourth-order valence-corrected chi connectivity index (χ4v) is 2.61. The van der Waals surface area contributed by atoms with Gasteiger partial charge >= 0.3 is 0 Å². The van der Waals surface area contributed by atoms with Gasteiger partial charge in [-0.3, -0.25) is 0 Å². The summed E-state index contributed by atoms with van der Waals surface area (Å²) in [5.41, 5.74) is 1.11. The Morgan fingerprint density at radius 1 is 1.32 bits per heavy atom. The Labute approximate surface area is 124 Å². The van der Waals surface area contributed by atoms with Crippen LogP contribution in [0.2, 0.25) is 10.0 Å². The molecule has 0 bridgehead atoms.